The fourth-order valence-corrected chi connectivity index (χ4v) is 1.33. The van der Waals surface area contributed by atoms with E-state index in [0.29, 0.717) is 0 Å². The Morgan fingerprint density at radius 1 is 1.00 bits per heavy atom. The number of allylic oxidation sites excluding steroid dienone is 4. The van der Waals surface area contributed by atoms with E-state index in [1.165, 1.54) is 6.42 Å². The van der Waals surface area contributed by atoms with Gasteiger partial charge in [-0.1, -0.05) is 24.3 Å². The van der Waals surface area contributed by atoms with Crippen LogP contribution in [0.3, 0.4) is 0 Å². The Morgan fingerprint density at radius 2 is 1.30 bits per heavy atom. The molecule has 0 radical (unpaired) electrons. The Hall–Kier alpha value is 0.722. The molecule has 0 fully saturated rings. The molecule has 2 bridgehead atoms. The van der Waals surface area contributed by atoms with E-state index in [2.05, 4.69) is 24.3 Å². The van der Waals surface area contributed by atoms with E-state index < -0.39 is 0 Å². The zero-order valence-corrected chi connectivity index (χ0v) is 8.31. The summed E-state index contributed by atoms with van der Waals surface area (Å²) in [7, 11) is 9.63. The Morgan fingerprint density at radius 3 is 1.40 bits per heavy atom. The zero-order valence-electron chi connectivity index (χ0n) is 5.24. The van der Waals surface area contributed by atoms with Crippen molar-refractivity contribution in [2.75, 3.05) is 0 Å². The molecular formula is C7H8Cl2Pd. The van der Waals surface area contributed by atoms with Crippen molar-refractivity contribution in [2.45, 2.75) is 6.42 Å². The summed E-state index contributed by atoms with van der Waals surface area (Å²) in [5, 5.41) is 0. The second-order valence-corrected chi connectivity index (χ2v) is 4.74. The van der Waals surface area contributed by atoms with Crippen LogP contribution in [0.1, 0.15) is 6.42 Å². The fraction of sp³-hybridized carbons (Fsp3) is 0.429. The van der Waals surface area contributed by atoms with Crippen LogP contribution in [0, 0.1) is 11.8 Å². The van der Waals surface area contributed by atoms with Crippen LogP contribution >= 0.6 is 19.1 Å². The van der Waals surface area contributed by atoms with Crippen molar-refractivity contribution in [3.63, 3.8) is 0 Å². The third kappa shape index (κ3) is 2.40. The Balaban J connectivity index is 0.000000148. The average molecular weight is 269 g/mol. The second-order valence-electron chi connectivity index (χ2n) is 2.38. The monoisotopic (exact) mass is 268 g/mol. The van der Waals surface area contributed by atoms with Crippen LogP contribution in [0.5, 0.6) is 0 Å². The van der Waals surface area contributed by atoms with Crippen LogP contribution in [0.25, 0.3) is 0 Å². The minimum absolute atomic E-state index is 0.106. The maximum atomic E-state index is 4.81. The molecule has 3 heteroatoms. The van der Waals surface area contributed by atoms with Crippen LogP contribution in [0.2, 0.25) is 0 Å². The van der Waals surface area contributed by atoms with Crippen molar-refractivity contribution < 1.29 is 15.9 Å². The molecule has 0 aromatic heterocycles. The van der Waals surface area contributed by atoms with E-state index in [-0.39, 0.29) is 15.9 Å². The first-order valence-corrected chi connectivity index (χ1v) is 7.06. The van der Waals surface area contributed by atoms with Crippen LogP contribution in [-0.4, -0.2) is 0 Å². The standard InChI is InChI=1S/C7H8.2ClH.Pd/c1-2-7-4-3-6(1)5-7;;;/h1-4,6-7H,5H2;2*1H;/q;;;+2/p-2. The Kier molecular flexibility index (Phi) is 4.03. The van der Waals surface area contributed by atoms with Gasteiger partial charge in [0.1, 0.15) is 0 Å². The van der Waals surface area contributed by atoms with Crippen molar-refractivity contribution >= 4 is 19.1 Å². The molecule has 0 heterocycles. The third-order valence-corrected chi connectivity index (χ3v) is 1.76. The van der Waals surface area contributed by atoms with Gasteiger partial charge >= 0.3 is 35.0 Å². The first-order valence-electron chi connectivity index (χ1n) is 3.06. The molecule has 0 aromatic carbocycles. The van der Waals surface area contributed by atoms with Crippen molar-refractivity contribution in [2.24, 2.45) is 11.8 Å². The number of rotatable bonds is 0. The number of hydrogen-bond donors (Lipinski definition) is 0. The van der Waals surface area contributed by atoms with Gasteiger partial charge in [0.25, 0.3) is 0 Å². The van der Waals surface area contributed by atoms with Gasteiger partial charge in [0, 0.05) is 0 Å². The molecule has 0 aromatic rings. The molecule has 10 heavy (non-hydrogen) atoms. The molecule has 0 saturated heterocycles. The topological polar surface area (TPSA) is 0 Å². The van der Waals surface area contributed by atoms with Gasteiger partial charge in [0.15, 0.2) is 0 Å². The molecule has 0 N–H and O–H groups in total. The van der Waals surface area contributed by atoms with Crippen molar-refractivity contribution in [1.82, 2.24) is 0 Å². The zero-order chi connectivity index (χ0) is 7.40. The summed E-state index contributed by atoms with van der Waals surface area (Å²) < 4.78 is 0. The molecule has 2 rings (SSSR count). The SMILES string of the molecule is C1=CC2C=CC1C2.[Cl][Pd][Cl]. The first kappa shape index (κ1) is 8.82. The normalized spacial score (nSPS) is 32.6. The van der Waals surface area contributed by atoms with E-state index in [4.69, 9.17) is 19.1 Å². The predicted octanol–water partition coefficient (Wildman–Crippen LogP) is 3.13. The van der Waals surface area contributed by atoms with Crippen molar-refractivity contribution in [3.8, 4) is 0 Å². The predicted molar refractivity (Wildman–Crippen MR) is 41.6 cm³/mol. The molecule has 0 unspecified atom stereocenters. The van der Waals surface area contributed by atoms with E-state index in [0.717, 1.165) is 11.8 Å². The van der Waals surface area contributed by atoms with Gasteiger partial charge in [-0.25, -0.2) is 0 Å². The quantitative estimate of drug-likeness (QED) is 0.468. The second kappa shape index (κ2) is 4.57. The van der Waals surface area contributed by atoms with Crippen LogP contribution in [0.4, 0.5) is 0 Å². The molecular weight excluding hydrogens is 261 g/mol. The molecule has 0 spiro atoms. The summed E-state index contributed by atoms with van der Waals surface area (Å²) in [6, 6.07) is 0. The molecule has 0 amide bonds. The Bertz CT molecular complexity index is 126. The van der Waals surface area contributed by atoms with Gasteiger partial charge in [0.2, 0.25) is 0 Å². The van der Waals surface area contributed by atoms with E-state index in [1.54, 1.807) is 0 Å². The molecule has 0 atom stereocenters. The number of fused-ring (bicyclic) bond motifs is 2. The summed E-state index contributed by atoms with van der Waals surface area (Å²) in [6.45, 7) is 0. The molecule has 2 aliphatic rings. The van der Waals surface area contributed by atoms with Crippen molar-refractivity contribution in [1.29, 1.82) is 0 Å². The molecule has 0 aliphatic heterocycles. The van der Waals surface area contributed by atoms with E-state index >= 15 is 0 Å². The van der Waals surface area contributed by atoms with Gasteiger partial charge in [0.05, 0.1) is 0 Å². The first-order chi connectivity index (χ1) is 4.86. The van der Waals surface area contributed by atoms with Crippen LogP contribution in [-0.2, 0) is 15.9 Å². The number of halogens is 2. The summed E-state index contributed by atoms with van der Waals surface area (Å²) >= 11 is -0.106. The minimum atomic E-state index is -0.106. The molecule has 2 aliphatic carbocycles. The molecule has 60 valence electrons. The van der Waals surface area contributed by atoms with E-state index in [1.807, 2.05) is 0 Å². The van der Waals surface area contributed by atoms with E-state index in [9.17, 15) is 0 Å². The van der Waals surface area contributed by atoms with Crippen LogP contribution < -0.4 is 0 Å². The maximum absolute atomic E-state index is 4.81. The summed E-state index contributed by atoms with van der Waals surface area (Å²) in [5.74, 6) is 1.62. The van der Waals surface area contributed by atoms with Crippen molar-refractivity contribution in [3.05, 3.63) is 24.3 Å². The summed E-state index contributed by atoms with van der Waals surface area (Å²) in [5.41, 5.74) is 0. The molecule has 0 nitrogen and oxygen atoms in total. The third-order valence-electron chi connectivity index (χ3n) is 1.76. The average Bonchev–Trinajstić information content (AvgIpc) is 2.49. The van der Waals surface area contributed by atoms with Gasteiger partial charge in [-0.15, -0.1) is 0 Å². The van der Waals surface area contributed by atoms with Gasteiger partial charge in [-0.2, -0.15) is 0 Å². The number of hydrogen-bond acceptors (Lipinski definition) is 0. The summed E-state index contributed by atoms with van der Waals surface area (Å²) in [4.78, 5) is 0. The van der Waals surface area contributed by atoms with Gasteiger partial charge in [-0.3, -0.25) is 0 Å². The van der Waals surface area contributed by atoms with Gasteiger partial charge < -0.3 is 0 Å². The van der Waals surface area contributed by atoms with Gasteiger partial charge in [-0.05, 0) is 18.3 Å². The fourth-order valence-electron chi connectivity index (χ4n) is 1.33. The summed E-state index contributed by atoms with van der Waals surface area (Å²) in [6.07, 6.45) is 10.5. The van der Waals surface area contributed by atoms with Crippen LogP contribution in [0.15, 0.2) is 24.3 Å². The Labute approximate surface area is 77.4 Å². The molecule has 0 saturated carbocycles.